The molecule has 1 aliphatic heterocycles. The predicted molar refractivity (Wildman–Crippen MR) is 68.3 cm³/mol. The number of para-hydroxylation sites is 1. The van der Waals surface area contributed by atoms with Gasteiger partial charge in [0.1, 0.15) is 0 Å². The molecular formula is C13H18N2O3. The Hall–Kier alpha value is -1.43. The maximum absolute atomic E-state index is 11.8. The fourth-order valence-corrected chi connectivity index (χ4v) is 2.08. The number of nitrogens with zero attached hydrogens (tertiary/aromatic N) is 1. The number of hydrogen-bond acceptors (Lipinski definition) is 4. The van der Waals surface area contributed by atoms with Crippen LogP contribution in [0.25, 0.3) is 0 Å². The summed E-state index contributed by atoms with van der Waals surface area (Å²) in [4.78, 5) is 13.6. The molecular weight excluding hydrogens is 232 g/mol. The summed E-state index contributed by atoms with van der Waals surface area (Å²) in [6.07, 6.45) is -1.51. The van der Waals surface area contributed by atoms with E-state index in [1.807, 2.05) is 31.2 Å². The zero-order chi connectivity index (χ0) is 13.1. The molecule has 18 heavy (non-hydrogen) atoms. The van der Waals surface area contributed by atoms with E-state index in [1.165, 1.54) is 0 Å². The lowest BCUT2D eigenvalue weighted by Gasteiger charge is -2.15. The van der Waals surface area contributed by atoms with Gasteiger partial charge in [-0.15, -0.1) is 0 Å². The lowest BCUT2D eigenvalue weighted by Crippen LogP contribution is -2.32. The molecule has 0 aliphatic carbocycles. The highest BCUT2D eigenvalue weighted by Crippen LogP contribution is 2.14. The van der Waals surface area contributed by atoms with Crippen LogP contribution >= 0.6 is 0 Å². The average molecular weight is 250 g/mol. The predicted octanol–water partition coefficient (Wildman–Crippen LogP) is -0.0291. The summed E-state index contributed by atoms with van der Waals surface area (Å²) < 4.78 is 0. The fourth-order valence-electron chi connectivity index (χ4n) is 2.08. The number of nitrogens with one attached hydrogen (secondary N) is 1. The molecule has 1 aromatic rings. The summed E-state index contributed by atoms with van der Waals surface area (Å²) in [5.74, 6) is -0.134. The van der Waals surface area contributed by atoms with Crippen molar-refractivity contribution in [1.82, 2.24) is 4.90 Å². The van der Waals surface area contributed by atoms with Gasteiger partial charge in [0.05, 0.1) is 18.8 Å². The quantitative estimate of drug-likeness (QED) is 0.704. The van der Waals surface area contributed by atoms with Gasteiger partial charge in [-0.3, -0.25) is 9.69 Å². The number of aliphatic hydroxyl groups is 2. The molecule has 2 rings (SSSR count). The van der Waals surface area contributed by atoms with Gasteiger partial charge in [-0.1, -0.05) is 18.2 Å². The van der Waals surface area contributed by atoms with E-state index in [0.29, 0.717) is 13.1 Å². The van der Waals surface area contributed by atoms with E-state index in [4.69, 9.17) is 0 Å². The Balaban J connectivity index is 1.88. The molecule has 1 amide bonds. The molecule has 1 aliphatic rings. The third-order valence-corrected chi connectivity index (χ3v) is 3.12. The van der Waals surface area contributed by atoms with Crippen molar-refractivity contribution in [3.05, 3.63) is 29.8 Å². The molecule has 3 N–H and O–H groups in total. The number of carbonyl (C=O) groups excluding carboxylic acids is 1. The van der Waals surface area contributed by atoms with Crippen molar-refractivity contribution >= 4 is 11.6 Å². The largest absolute Gasteiger partial charge is 0.389 e. The van der Waals surface area contributed by atoms with Crippen LogP contribution in [-0.4, -0.2) is 52.9 Å². The van der Waals surface area contributed by atoms with Gasteiger partial charge in [-0.2, -0.15) is 0 Å². The molecule has 5 nitrogen and oxygen atoms in total. The number of rotatable bonds is 3. The Labute approximate surface area is 106 Å². The maximum Gasteiger partial charge on any atom is 0.238 e. The van der Waals surface area contributed by atoms with Crippen LogP contribution in [0.5, 0.6) is 0 Å². The Bertz CT molecular complexity index is 426. The first-order chi connectivity index (χ1) is 8.56. The van der Waals surface area contributed by atoms with Crippen molar-refractivity contribution in [2.45, 2.75) is 19.1 Å². The Kier molecular flexibility index (Phi) is 3.96. The smallest absolute Gasteiger partial charge is 0.238 e. The molecule has 1 saturated heterocycles. The monoisotopic (exact) mass is 250 g/mol. The Morgan fingerprint density at radius 2 is 1.94 bits per heavy atom. The van der Waals surface area contributed by atoms with Crippen LogP contribution in [0.3, 0.4) is 0 Å². The molecule has 0 bridgehead atoms. The van der Waals surface area contributed by atoms with Gasteiger partial charge in [-0.05, 0) is 18.6 Å². The first-order valence-electron chi connectivity index (χ1n) is 6.00. The third kappa shape index (κ3) is 3.07. The van der Waals surface area contributed by atoms with Crippen LogP contribution in [0.2, 0.25) is 0 Å². The highest BCUT2D eigenvalue weighted by molar-refractivity contribution is 5.92. The Morgan fingerprint density at radius 1 is 1.33 bits per heavy atom. The minimum atomic E-state index is -0.753. The molecule has 1 heterocycles. The van der Waals surface area contributed by atoms with Crippen molar-refractivity contribution in [2.24, 2.45) is 0 Å². The van der Waals surface area contributed by atoms with Crippen LogP contribution in [0.15, 0.2) is 24.3 Å². The van der Waals surface area contributed by atoms with E-state index < -0.39 is 12.2 Å². The van der Waals surface area contributed by atoms with Crippen LogP contribution in [0, 0.1) is 6.92 Å². The first-order valence-corrected chi connectivity index (χ1v) is 6.00. The summed E-state index contributed by atoms with van der Waals surface area (Å²) in [6, 6.07) is 7.56. The average Bonchev–Trinajstić information content (AvgIpc) is 2.61. The standard InChI is InChI=1S/C13H18N2O3/c1-9-4-2-3-5-10(9)14-13(18)8-15-6-11(16)12(17)7-15/h2-5,11-12,16-17H,6-8H2,1H3,(H,14,18)/t11-,12+. The number of likely N-dealkylation sites (tertiary alicyclic amines) is 1. The summed E-state index contributed by atoms with van der Waals surface area (Å²) in [7, 11) is 0. The molecule has 1 aromatic carbocycles. The van der Waals surface area contributed by atoms with Gasteiger partial charge in [0.25, 0.3) is 0 Å². The van der Waals surface area contributed by atoms with E-state index >= 15 is 0 Å². The normalized spacial score (nSPS) is 24.2. The number of hydrogen-bond donors (Lipinski definition) is 3. The van der Waals surface area contributed by atoms with Crippen LogP contribution in [-0.2, 0) is 4.79 Å². The number of anilines is 1. The van der Waals surface area contributed by atoms with Crippen LogP contribution < -0.4 is 5.32 Å². The highest BCUT2D eigenvalue weighted by Gasteiger charge is 2.30. The molecule has 0 spiro atoms. The maximum atomic E-state index is 11.8. The molecule has 0 saturated carbocycles. The first kappa shape index (κ1) is 13.0. The van der Waals surface area contributed by atoms with Crippen LogP contribution in [0.4, 0.5) is 5.69 Å². The molecule has 0 unspecified atom stereocenters. The number of aryl methyl sites for hydroxylation is 1. The van der Waals surface area contributed by atoms with E-state index in [0.717, 1.165) is 11.3 Å². The summed E-state index contributed by atoms with van der Waals surface area (Å²) >= 11 is 0. The molecule has 5 heteroatoms. The van der Waals surface area contributed by atoms with E-state index in [2.05, 4.69) is 5.32 Å². The summed E-state index contributed by atoms with van der Waals surface area (Å²) in [5.41, 5.74) is 1.80. The van der Waals surface area contributed by atoms with Crippen LogP contribution in [0.1, 0.15) is 5.56 Å². The number of carbonyl (C=O) groups is 1. The van der Waals surface area contributed by atoms with Gasteiger partial charge in [-0.25, -0.2) is 0 Å². The molecule has 0 radical (unpaired) electrons. The van der Waals surface area contributed by atoms with Gasteiger partial charge in [0.15, 0.2) is 0 Å². The highest BCUT2D eigenvalue weighted by atomic mass is 16.3. The number of benzene rings is 1. The van der Waals surface area contributed by atoms with E-state index in [-0.39, 0.29) is 12.5 Å². The second-order valence-electron chi connectivity index (χ2n) is 4.69. The summed E-state index contributed by atoms with van der Waals surface area (Å²) in [5, 5.41) is 21.6. The van der Waals surface area contributed by atoms with Gasteiger partial charge < -0.3 is 15.5 Å². The summed E-state index contributed by atoms with van der Waals surface area (Å²) in [6.45, 7) is 2.78. The minimum absolute atomic E-state index is 0.134. The number of amides is 1. The second kappa shape index (κ2) is 5.48. The third-order valence-electron chi connectivity index (χ3n) is 3.12. The van der Waals surface area contributed by atoms with Crippen molar-refractivity contribution < 1.29 is 15.0 Å². The van der Waals surface area contributed by atoms with E-state index in [1.54, 1.807) is 4.90 Å². The minimum Gasteiger partial charge on any atom is -0.389 e. The van der Waals surface area contributed by atoms with E-state index in [9.17, 15) is 15.0 Å². The fraction of sp³-hybridized carbons (Fsp3) is 0.462. The van der Waals surface area contributed by atoms with Crippen molar-refractivity contribution in [1.29, 1.82) is 0 Å². The molecule has 98 valence electrons. The lowest BCUT2D eigenvalue weighted by atomic mass is 10.2. The Morgan fingerprint density at radius 3 is 2.56 bits per heavy atom. The van der Waals surface area contributed by atoms with Crippen molar-refractivity contribution in [3.63, 3.8) is 0 Å². The van der Waals surface area contributed by atoms with Crippen molar-refractivity contribution in [3.8, 4) is 0 Å². The zero-order valence-corrected chi connectivity index (χ0v) is 10.3. The van der Waals surface area contributed by atoms with Gasteiger partial charge in [0.2, 0.25) is 5.91 Å². The van der Waals surface area contributed by atoms with Crippen molar-refractivity contribution in [2.75, 3.05) is 25.0 Å². The zero-order valence-electron chi connectivity index (χ0n) is 10.3. The van der Waals surface area contributed by atoms with Gasteiger partial charge in [0, 0.05) is 18.8 Å². The van der Waals surface area contributed by atoms with Gasteiger partial charge >= 0.3 is 0 Å². The molecule has 0 aromatic heterocycles. The second-order valence-corrected chi connectivity index (χ2v) is 4.69. The molecule has 1 fully saturated rings. The topological polar surface area (TPSA) is 72.8 Å². The number of β-amino-alcohol motifs (C(OH)–C–C–N with tert-alkyl or cyclic N) is 2. The SMILES string of the molecule is Cc1ccccc1NC(=O)CN1C[C@@H](O)[C@@H](O)C1. The lowest BCUT2D eigenvalue weighted by molar-refractivity contribution is -0.117. The number of aliphatic hydroxyl groups excluding tert-OH is 2. The molecule has 2 atom stereocenters.